The van der Waals surface area contributed by atoms with Crippen LogP contribution in [0, 0.1) is 0 Å². The maximum absolute atomic E-state index is 8.89. The second-order valence-corrected chi connectivity index (χ2v) is 5.37. The van der Waals surface area contributed by atoms with Crippen LogP contribution in [0.3, 0.4) is 0 Å². The summed E-state index contributed by atoms with van der Waals surface area (Å²) in [6.45, 7) is 9.21. The quantitative estimate of drug-likeness (QED) is 0.862. The predicted molar refractivity (Wildman–Crippen MR) is 69.7 cm³/mol. The maximum atomic E-state index is 8.89. The van der Waals surface area contributed by atoms with Crippen molar-refractivity contribution < 1.29 is 5.11 Å². The fraction of sp³-hybridized carbons (Fsp3) is 0.818. The van der Waals surface area contributed by atoms with E-state index in [4.69, 9.17) is 5.11 Å². The topological polar surface area (TPSA) is 52.5 Å². The van der Waals surface area contributed by atoms with E-state index >= 15 is 0 Å². The second-order valence-electron chi connectivity index (χ2n) is 4.64. The van der Waals surface area contributed by atoms with Crippen LogP contribution >= 0.6 is 11.5 Å². The summed E-state index contributed by atoms with van der Waals surface area (Å²) >= 11 is 1.50. The van der Waals surface area contributed by atoms with Crippen molar-refractivity contribution in [3.8, 4) is 0 Å². The zero-order valence-electron chi connectivity index (χ0n) is 10.5. The molecular weight excluding hydrogens is 236 g/mol. The number of β-amino-alcohol motifs (C(OH)–C–C–N with tert-alkyl or cyclic N) is 1. The summed E-state index contributed by atoms with van der Waals surface area (Å²) in [5.74, 6) is 1.35. The van der Waals surface area contributed by atoms with Gasteiger partial charge in [-0.3, -0.25) is 4.90 Å². The number of rotatable bonds is 4. The van der Waals surface area contributed by atoms with Crippen LogP contribution < -0.4 is 4.90 Å². The smallest absolute Gasteiger partial charge is 0.205 e. The maximum Gasteiger partial charge on any atom is 0.205 e. The SMILES string of the molecule is CC(C)c1nsc(N2CCN(CCO)CC2)n1. The van der Waals surface area contributed by atoms with E-state index in [1.807, 2.05) is 0 Å². The number of hydrogen-bond acceptors (Lipinski definition) is 6. The standard InChI is InChI=1S/C11H20N4OS/c1-9(2)10-12-11(17-13-10)15-5-3-14(4-6-15)7-8-16/h9,16H,3-8H2,1-2H3. The highest BCUT2D eigenvalue weighted by atomic mass is 32.1. The summed E-state index contributed by atoms with van der Waals surface area (Å²) in [5, 5.41) is 9.93. The molecule has 0 amide bonds. The average molecular weight is 256 g/mol. The Labute approximate surface area is 106 Å². The fourth-order valence-electron chi connectivity index (χ4n) is 1.89. The Morgan fingerprint density at radius 1 is 1.29 bits per heavy atom. The van der Waals surface area contributed by atoms with Gasteiger partial charge in [-0.05, 0) is 0 Å². The Hall–Kier alpha value is -0.720. The highest BCUT2D eigenvalue weighted by Crippen LogP contribution is 2.22. The summed E-state index contributed by atoms with van der Waals surface area (Å²) in [7, 11) is 0. The van der Waals surface area contributed by atoms with Gasteiger partial charge in [0.25, 0.3) is 0 Å². The van der Waals surface area contributed by atoms with Crippen LogP contribution in [-0.2, 0) is 0 Å². The molecule has 0 radical (unpaired) electrons. The van der Waals surface area contributed by atoms with Crippen molar-refractivity contribution in [3.63, 3.8) is 0 Å². The molecule has 0 bridgehead atoms. The fourth-order valence-corrected chi connectivity index (χ4v) is 2.75. The number of piperazine rings is 1. The van der Waals surface area contributed by atoms with Gasteiger partial charge in [0.2, 0.25) is 5.13 Å². The van der Waals surface area contributed by atoms with Crippen LogP contribution in [0.15, 0.2) is 0 Å². The molecule has 0 aromatic carbocycles. The van der Waals surface area contributed by atoms with Crippen molar-refractivity contribution in [2.24, 2.45) is 0 Å². The van der Waals surface area contributed by atoms with Crippen LogP contribution in [0.25, 0.3) is 0 Å². The van der Waals surface area contributed by atoms with Crippen molar-refractivity contribution in [2.75, 3.05) is 44.2 Å². The van der Waals surface area contributed by atoms with Gasteiger partial charge >= 0.3 is 0 Å². The van der Waals surface area contributed by atoms with Gasteiger partial charge in [0.1, 0.15) is 5.82 Å². The van der Waals surface area contributed by atoms with Crippen LogP contribution in [0.2, 0.25) is 0 Å². The third-order valence-electron chi connectivity index (χ3n) is 3.01. The van der Waals surface area contributed by atoms with Crippen molar-refractivity contribution in [3.05, 3.63) is 5.82 Å². The summed E-state index contributed by atoms with van der Waals surface area (Å²) in [6.07, 6.45) is 0. The number of aliphatic hydroxyl groups excluding tert-OH is 1. The van der Waals surface area contributed by atoms with Crippen LogP contribution in [-0.4, -0.2) is 58.7 Å². The molecule has 0 spiro atoms. The first kappa shape index (κ1) is 12.7. The lowest BCUT2D eigenvalue weighted by Crippen LogP contribution is -2.47. The van der Waals surface area contributed by atoms with Gasteiger partial charge in [0.15, 0.2) is 0 Å². The molecule has 0 atom stereocenters. The van der Waals surface area contributed by atoms with Gasteiger partial charge in [-0.2, -0.15) is 4.37 Å². The lowest BCUT2D eigenvalue weighted by molar-refractivity contribution is 0.189. The Kier molecular flexibility index (Phi) is 4.31. The van der Waals surface area contributed by atoms with Gasteiger partial charge in [0.05, 0.1) is 6.61 Å². The molecular formula is C11H20N4OS. The van der Waals surface area contributed by atoms with Crippen LogP contribution in [0.4, 0.5) is 5.13 Å². The molecule has 1 aliphatic heterocycles. The Morgan fingerprint density at radius 3 is 2.53 bits per heavy atom. The van der Waals surface area contributed by atoms with E-state index in [0.29, 0.717) is 5.92 Å². The normalized spacial score (nSPS) is 18.0. The van der Waals surface area contributed by atoms with Crippen LogP contribution in [0.5, 0.6) is 0 Å². The Morgan fingerprint density at radius 2 is 2.00 bits per heavy atom. The summed E-state index contributed by atoms with van der Waals surface area (Å²) in [6, 6.07) is 0. The number of aliphatic hydroxyl groups is 1. The lowest BCUT2D eigenvalue weighted by atomic mass is 10.2. The van der Waals surface area contributed by atoms with E-state index in [0.717, 1.165) is 43.7 Å². The first-order valence-electron chi connectivity index (χ1n) is 6.12. The van der Waals surface area contributed by atoms with E-state index in [2.05, 4.69) is 33.0 Å². The predicted octanol–water partition coefficient (Wildman–Crippen LogP) is 0.776. The third kappa shape index (κ3) is 3.14. The average Bonchev–Trinajstić information content (AvgIpc) is 2.80. The number of nitrogens with zero attached hydrogens (tertiary/aromatic N) is 4. The zero-order chi connectivity index (χ0) is 12.3. The summed E-state index contributed by atoms with van der Waals surface area (Å²) in [4.78, 5) is 9.14. The molecule has 1 aromatic rings. The minimum absolute atomic E-state index is 0.246. The number of aromatic nitrogens is 2. The highest BCUT2D eigenvalue weighted by molar-refractivity contribution is 7.09. The van der Waals surface area contributed by atoms with Crippen molar-refractivity contribution in [2.45, 2.75) is 19.8 Å². The van der Waals surface area contributed by atoms with Gasteiger partial charge < -0.3 is 10.0 Å². The molecule has 0 unspecified atom stereocenters. The minimum atomic E-state index is 0.246. The molecule has 1 N–H and O–H groups in total. The van der Waals surface area contributed by atoms with Gasteiger partial charge in [-0.15, -0.1) is 0 Å². The minimum Gasteiger partial charge on any atom is -0.395 e. The van der Waals surface area contributed by atoms with Crippen LogP contribution in [0.1, 0.15) is 25.6 Å². The van der Waals surface area contributed by atoms with Gasteiger partial charge in [-0.25, -0.2) is 4.98 Å². The molecule has 0 aliphatic carbocycles. The lowest BCUT2D eigenvalue weighted by Gasteiger charge is -2.33. The molecule has 5 nitrogen and oxygen atoms in total. The Balaban J connectivity index is 1.91. The summed E-state index contributed by atoms with van der Waals surface area (Å²) < 4.78 is 4.38. The first-order valence-corrected chi connectivity index (χ1v) is 6.90. The van der Waals surface area contributed by atoms with Crippen molar-refractivity contribution in [1.29, 1.82) is 0 Å². The molecule has 17 heavy (non-hydrogen) atoms. The largest absolute Gasteiger partial charge is 0.395 e. The first-order chi connectivity index (χ1) is 8.20. The number of hydrogen-bond donors (Lipinski definition) is 1. The van der Waals surface area contributed by atoms with E-state index in [-0.39, 0.29) is 6.61 Å². The summed E-state index contributed by atoms with van der Waals surface area (Å²) in [5.41, 5.74) is 0. The molecule has 1 aliphatic rings. The van der Waals surface area contributed by atoms with Gasteiger partial charge in [0, 0.05) is 50.2 Å². The molecule has 96 valence electrons. The number of anilines is 1. The van der Waals surface area contributed by atoms with E-state index < -0.39 is 0 Å². The molecule has 6 heteroatoms. The van der Waals surface area contributed by atoms with Crippen molar-refractivity contribution in [1.82, 2.24) is 14.3 Å². The molecule has 2 rings (SSSR count). The monoisotopic (exact) mass is 256 g/mol. The van der Waals surface area contributed by atoms with Crippen molar-refractivity contribution >= 4 is 16.7 Å². The van der Waals surface area contributed by atoms with Gasteiger partial charge in [-0.1, -0.05) is 13.8 Å². The second kappa shape index (κ2) is 5.75. The Bertz CT molecular complexity index is 347. The van der Waals surface area contributed by atoms with E-state index in [1.54, 1.807) is 0 Å². The molecule has 2 heterocycles. The molecule has 1 aromatic heterocycles. The third-order valence-corrected chi connectivity index (χ3v) is 3.80. The molecule has 0 saturated carbocycles. The highest BCUT2D eigenvalue weighted by Gasteiger charge is 2.20. The van der Waals surface area contributed by atoms with E-state index in [1.165, 1.54) is 11.5 Å². The molecule has 1 fully saturated rings. The zero-order valence-corrected chi connectivity index (χ0v) is 11.3. The molecule has 1 saturated heterocycles. The van der Waals surface area contributed by atoms with E-state index in [9.17, 15) is 0 Å².